The summed E-state index contributed by atoms with van der Waals surface area (Å²) in [6, 6.07) is 8.26. The number of ether oxygens (including phenoxy) is 1. The van der Waals surface area contributed by atoms with Gasteiger partial charge in [-0.15, -0.1) is 12.4 Å². The summed E-state index contributed by atoms with van der Waals surface area (Å²) in [5, 5.41) is 3.39. The van der Waals surface area contributed by atoms with Gasteiger partial charge in [0.1, 0.15) is 5.75 Å². The first-order chi connectivity index (χ1) is 7.84. The van der Waals surface area contributed by atoms with E-state index in [0.717, 1.165) is 18.3 Å². The molecule has 1 saturated heterocycles. The summed E-state index contributed by atoms with van der Waals surface area (Å²) in [6.07, 6.45) is 3.79. The zero-order valence-corrected chi connectivity index (χ0v) is 12.8. The SMILES string of the molecule is Cl.Ic1ccc(OCCC2CCNCC2)cc1. The molecule has 96 valence electrons. The van der Waals surface area contributed by atoms with Crippen molar-refractivity contribution in [2.45, 2.75) is 19.3 Å². The lowest BCUT2D eigenvalue weighted by Crippen LogP contribution is -2.28. The van der Waals surface area contributed by atoms with E-state index in [-0.39, 0.29) is 12.4 Å². The fraction of sp³-hybridized carbons (Fsp3) is 0.538. The molecule has 1 fully saturated rings. The topological polar surface area (TPSA) is 21.3 Å². The average Bonchev–Trinajstić information content (AvgIpc) is 2.33. The number of benzene rings is 1. The van der Waals surface area contributed by atoms with Gasteiger partial charge in [-0.25, -0.2) is 0 Å². The second kappa shape index (κ2) is 8.16. The summed E-state index contributed by atoms with van der Waals surface area (Å²) in [6.45, 7) is 3.20. The van der Waals surface area contributed by atoms with E-state index >= 15 is 0 Å². The van der Waals surface area contributed by atoms with Gasteiger partial charge in [-0.2, -0.15) is 0 Å². The van der Waals surface area contributed by atoms with Crippen LogP contribution < -0.4 is 10.1 Å². The lowest BCUT2D eigenvalue weighted by Gasteiger charge is -2.22. The van der Waals surface area contributed by atoms with Gasteiger partial charge in [-0.1, -0.05) is 0 Å². The molecule has 2 rings (SSSR count). The predicted octanol–water partition coefficient (Wildman–Crippen LogP) is 3.48. The molecule has 0 radical (unpaired) electrons. The standard InChI is InChI=1S/C13H18INO.ClH/c14-12-1-3-13(4-2-12)16-10-7-11-5-8-15-9-6-11;/h1-4,11,15H,5-10H2;1H. The third-order valence-corrected chi connectivity index (χ3v) is 3.79. The average molecular weight is 368 g/mol. The fourth-order valence-electron chi connectivity index (χ4n) is 2.04. The van der Waals surface area contributed by atoms with Gasteiger partial charge in [-0.05, 0) is 85.1 Å². The molecular formula is C13H19ClINO. The Balaban J connectivity index is 0.00000144. The van der Waals surface area contributed by atoms with Crippen molar-refractivity contribution in [3.8, 4) is 5.75 Å². The van der Waals surface area contributed by atoms with Gasteiger partial charge >= 0.3 is 0 Å². The van der Waals surface area contributed by atoms with E-state index in [9.17, 15) is 0 Å². The largest absolute Gasteiger partial charge is 0.494 e. The number of hydrogen-bond acceptors (Lipinski definition) is 2. The van der Waals surface area contributed by atoms with Crippen LogP contribution in [0.1, 0.15) is 19.3 Å². The van der Waals surface area contributed by atoms with Crippen LogP contribution in [-0.4, -0.2) is 19.7 Å². The van der Waals surface area contributed by atoms with Crippen LogP contribution in [-0.2, 0) is 0 Å². The summed E-state index contributed by atoms with van der Waals surface area (Å²) in [5.74, 6) is 1.85. The number of hydrogen-bond donors (Lipinski definition) is 1. The highest BCUT2D eigenvalue weighted by Crippen LogP contribution is 2.18. The third kappa shape index (κ3) is 5.44. The van der Waals surface area contributed by atoms with E-state index in [1.165, 1.54) is 35.9 Å². The molecule has 0 saturated carbocycles. The van der Waals surface area contributed by atoms with Gasteiger partial charge in [0.05, 0.1) is 6.61 Å². The molecule has 1 aromatic rings. The lowest BCUT2D eigenvalue weighted by molar-refractivity contribution is 0.252. The van der Waals surface area contributed by atoms with Crippen LogP contribution in [0.25, 0.3) is 0 Å². The van der Waals surface area contributed by atoms with Crippen LogP contribution in [0.5, 0.6) is 5.75 Å². The maximum Gasteiger partial charge on any atom is 0.119 e. The minimum absolute atomic E-state index is 0. The molecular weight excluding hydrogens is 349 g/mol. The van der Waals surface area contributed by atoms with Gasteiger partial charge in [0.2, 0.25) is 0 Å². The van der Waals surface area contributed by atoms with E-state index in [1.54, 1.807) is 0 Å². The van der Waals surface area contributed by atoms with E-state index in [4.69, 9.17) is 4.74 Å². The van der Waals surface area contributed by atoms with Crippen LogP contribution in [0.2, 0.25) is 0 Å². The first-order valence-electron chi connectivity index (χ1n) is 5.94. The van der Waals surface area contributed by atoms with Crippen molar-refractivity contribution < 1.29 is 4.74 Å². The summed E-state index contributed by atoms with van der Waals surface area (Å²) in [7, 11) is 0. The minimum atomic E-state index is 0. The first kappa shape index (κ1) is 15.1. The molecule has 17 heavy (non-hydrogen) atoms. The Bertz CT molecular complexity index is 312. The molecule has 0 bridgehead atoms. The van der Waals surface area contributed by atoms with Crippen LogP contribution in [0.3, 0.4) is 0 Å². The smallest absolute Gasteiger partial charge is 0.119 e. The van der Waals surface area contributed by atoms with Crippen LogP contribution in [0.15, 0.2) is 24.3 Å². The van der Waals surface area contributed by atoms with Gasteiger partial charge in [0.25, 0.3) is 0 Å². The molecule has 0 aliphatic carbocycles. The molecule has 1 heterocycles. The van der Waals surface area contributed by atoms with Crippen molar-refractivity contribution in [3.63, 3.8) is 0 Å². The normalized spacial score (nSPS) is 16.3. The van der Waals surface area contributed by atoms with Crippen molar-refractivity contribution in [1.29, 1.82) is 0 Å². The predicted molar refractivity (Wildman–Crippen MR) is 82.1 cm³/mol. The van der Waals surface area contributed by atoms with Gasteiger partial charge in [-0.3, -0.25) is 0 Å². The Morgan fingerprint density at radius 2 is 1.82 bits per heavy atom. The second-order valence-electron chi connectivity index (χ2n) is 4.28. The Hall–Kier alpha value is 0. The quantitative estimate of drug-likeness (QED) is 0.823. The number of halogens is 2. The first-order valence-corrected chi connectivity index (χ1v) is 7.01. The van der Waals surface area contributed by atoms with Crippen molar-refractivity contribution in [2.24, 2.45) is 5.92 Å². The monoisotopic (exact) mass is 367 g/mol. The summed E-state index contributed by atoms with van der Waals surface area (Å²) in [4.78, 5) is 0. The van der Waals surface area contributed by atoms with Crippen molar-refractivity contribution in [3.05, 3.63) is 27.8 Å². The molecule has 0 spiro atoms. The van der Waals surface area contributed by atoms with Crippen LogP contribution >= 0.6 is 35.0 Å². The Morgan fingerprint density at radius 3 is 2.47 bits per heavy atom. The highest BCUT2D eigenvalue weighted by atomic mass is 127. The lowest BCUT2D eigenvalue weighted by atomic mass is 9.95. The maximum atomic E-state index is 5.74. The Morgan fingerprint density at radius 1 is 1.18 bits per heavy atom. The van der Waals surface area contributed by atoms with E-state index < -0.39 is 0 Å². The van der Waals surface area contributed by atoms with Crippen LogP contribution in [0, 0.1) is 9.49 Å². The third-order valence-electron chi connectivity index (χ3n) is 3.07. The molecule has 1 aliphatic heterocycles. The fourth-order valence-corrected chi connectivity index (χ4v) is 2.40. The molecule has 2 nitrogen and oxygen atoms in total. The van der Waals surface area contributed by atoms with E-state index in [2.05, 4.69) is 40.0 Å². The summed E-state index contributed by atoms with van der Waals surface area (Å²) >= 11 is 2.31. The van der Waals surface area contributed by atoms with Crippen molar-refractivity contribution in [2.75, 3.05) is 19.7 Å². The Kier molecular flexibility index (Phi) is 7.23. The Labute approximate surface area is 123 Å². The molecule has 0 aromatic heterocycles. The highest BCUT2D eigenvalue weighted by molar-refractivity contribution is 14.1. The summed E-state index contributed by atoms with van der Waals surface area (Å²) < 4.78 is 6.99. The van der Waals surface area contributed by atoms with Crippen molar-refractivity contribution >= 4 is 35.0 Å². The molecule has 1 aliphatic rings. The highest BCUT2D eigenvalue weighted by Gasteiger charge is 2.12. The van der Waals surface area contributed by atoms with Crippen molar-refractivity contribution in [1.82, 2.24) is 5.32 Å². The van der Waals surface area contributed by atoms with E-state index in [1.807, 2.05) is 12.1 Å². The minimum Gasteiger partial charge on any atom is -0.494 e. The number of rotatable bonds is 4. The maximum absolute atomic E-state index is 5.74. The van der Waals surface area contributed by atoms with E-state index in [0.29, 0.717) is 0 Å². The van der Waals surface area contributed by atoms with Gasteiger partial charge in [0, 0.05) is 3.57 Å². The zero-order valence-electron chi connectivity index (χ0n) is 9.82. The molecule has 0 unspecified atom stereocenters. The zero-order chi connectivity index (χ0) is 11.2. The molecule has 1 aromatic carbocycles. The van der Waals surface area contributed by atoms with Gasteiger partial charge < -0.3 is 10.1 Å². The summed E-state index contributed by atoms with van der Waals surface area (Å²) in [5.41, 5.74) is 0. The molecule has 0 amide bonds. The van der Waals surface area contributed by atoms with Gasteiger partial charge in [0.15, 0.2) is 0 Å². The van der Waals surface area contributed by atoms with Crippen LogP contribution in [0.4, 0.5) is 0 Å². The molecule has 4 heteroatoms. The second-order valence-corrected chi connectivity index (χ2v) is 5.53. The number of nitrogens with one attached hydrogen (secondary N) is 1. The molecule has 0 atom stereocenters. The number of piperidine rings is 1. The molecule has 1 N–H and O–H groups in total.